The predicted octanol–water partition coefficient (Wildman–Crippen LogP) is 5.54. The van der Waals surface area contributed by atoms with E-state index in [9.17, 15) is 4.79 Å². The molecule has 1 atom stereocenters. The largest absolute Gasteiger partial charge is 0.486 e. The zero-order valence-electron chi connectivity index (χ0n) is 16.0. The van der Waals surface area contributed by atoms with E-state index in [2.05, 4.69) is 40.5 Å². The average Bonchev–Trinajstić information content (AvgIpc) is 3.36. The van der Waals surface area contributed by atoms with Crippen molar-refractivity contribution in [1.82, 2.24) is 9.36 Å². The molecule has 2 aromatic heterocycles. The van der Waals surface area contributed by atoms with Crippen molar-refractivity contribution in [2.45, 2.75) is 25.9 Å². The number of aromatic nitrogens is 2. The highest BCUT2D eigenvalue weighted by atomic mass is 32.1. The summed E-state index contributed by atoms with van der Waals surface area (Å²) in [5.74, 6) is 0.845. The van der Waals surface area contributed by atoms with E-state index in [4.69, 9.17) is 4.74 Å². The van der Waals surface area contributed by atoms with Gasteiger partial charge in [-0.2, -0.15) is 0 Å². The second-order valence-corrected chi connectivity index (χ2v) is 8.10. The van der Waals surface area contributed by atoms with Gasteiger partial charge < -0.3 is 4.74 Å². The molecule has 0 saturated heterocycles. The summed E-state index contributed by atoms with van der Waals surface area (Å²) < 4.78 is 9.06. The Morgan fingerprint density at radius 3 is 2.66 bits per heavy atom. The molecule has 2 heterocycles. The summed E-state index contributed by atoms with van der Waals surface area (Å²) in [7, 11) is 0. The van der Waals surface area contributed by atoms with Crippen LogP contribution < -0.4 is 10.3 Å². The molecule has 1 aliphatic rings. The maximum Gasteiger partial charge on any atom is 0.258 e. The first-order valence-corrected chi connectivity index (χ1v) is 10.5. The van der Waals surface area contributed by atoms with Crippen LogP contribution in [0, 0.1) is 6.92 Å². The predicted molar refractivity (Wildman–Crippen MR) is 116 cm³/mol. The van der Waals surface area contributed by atoms with Gasteiger partial charge in [0.05, 0.1) is 4.88 Å². The molecule has 29 heavy (non-hydrogen) atoms. The number of aryl methyl sites for hydroxylation is 1. The van der Waals surface area contributed by atoms with E-state index >= 15 is 0 Å². The van der Waals surface area contributed by atoms with E-state index in [1.807, 2.05) is 36.5 Å². The van der Waals surface area contributed by atoms with Crippen molar-refractivity contribution in [1.29, 1.82) is 0 Å². The third kappa shape index (κ3) is 3.38. The molecular formula is C24H20N2O2S. The normalized spacial score (nSPS) is 15.3. The zero-order valence-corrected chi connectivity index (χ0v) is 16.8. The third-order valence-corrected chi connectivity index (χ3v) is 6.33. The van der Waals surface area contributed by atoms with Crippen molar-refractivity contribution in [2.24, 2.45) is 0 Å². The van der Waals surface area contributed by atoms with Crippen LogP contribution in [0.15, 0.2) is 71.7 Å². The van der Waals surface area contributed by atoms with Crippen molar-refractivity contribution in [3.8, 4) is 27.3 Å². The second kappa shape index (κ2) is 7.33. The first-order chi connectivity index (χ1) is 14.2. The number of nitrogens with zero attached hydrogens (tertiary/aromatic N) is 1. The first-order valence-electron chi connectivity index (χ1n) is 9.68. The first kappa shape index (κ1) is 17.9. The highest BCUT2D eigenvalue weighted by Crippen LogP contribution is 2.40. The van der Waals surface area contributed by atoms with Crippen LogP contribution >= 0.6 is 11.5 Å². The molecule has 1 N–H and O–H groups in total. The number of fused-ring (bicyclic) bond motifs is 1. The third-order valence-electron chi connectivity index (χ3n) is 5.45. The zero-order chi connectivity index (χ0) is 19.8. The standard InChI is InChI=1S/C24H20N2O2S/c1-15-18(6-3-13-25-15)19-4-2-5-21-20(19)11-12-22(21)28-17-9-7-16(8-10-17)23-14-24(27)26-29-23/h2-10,13-14,22H,11-12H2,1H3,(H,26,27)/t22-/m1/s1. The Morgan fingerprint density at radius 2 is 1.90 bits per heavy atom. The van der Waals surface area contributed by atoms with Crippen molar-refractivity contribution < 1.29 is 4.74 Å². The van der Waals surface area contributed by atoms with E-state index in [1.54, 1.807) is 6.07 Å². The molecule has 0 spiro atoms. The Morgan fingerprint density at radius 1 is 1.07 bits per heavy atom. The molecule has 0 unspecified atom stereocenters. The topological polar surface area (TPSA) is 55.0 Å². The van der Waals surface area contributed by atoms with E-state index in [-0.39, 0.29) is 11.7 Å². The molecule has 4 aromatic rings. The van der Waals surface area contributed by atoms with Gasteiger partial charge in [0, 0.05) is 23.5 Å². The van der Waals surface area contributed by atoms with E-state index < -0.39 is 0 Å². The molecule has 0 aliphatic heterocycles. The lowest BCUT2D eigenvalue weighted by Crippen LogP contribution is -2.03. The number of ether oxygens (including phenoxy) is 1. The number of benzene rings is 2. The molecule has 0 radical (unpaired) electrons. The van der Waals surface area contributed by atoms with Gasteiger partial charge in [-0.05, 0) is 72.4 Å². The highest BCUT2D eigenvalue weighted by molar-refractivity contribution is 7.09. The van der Waals surface area contributed by atoms with E-state index in [1.165, 1.54) is 33.8 Å². The number of rotatable bonds is 4. The summed E-state index contributed by atoms with van der Waals surface area (Å²) in [5, 5.41) is 0. The van der Waals surface area contributed by atoms with Crippen molar-refractivity contribution >= 4 is 11.5 Å². The summed E-state index contributed by atoms with van der Waals surface area (Å²) in [6.45, 7) is 2.06. The van der Waals surface area contributed by atoms with Gasteiger partial charge >= 0.3 is 0 Å². The molecule has 5 heteroatoms. The Balaban J connectivity index is 1.41. The molecule has 1 aliphatic carbocycles. The van der Waals surface area contributed by atoms with Crippen molar-refractivity contribution in [2.75, 3.05) is 0 Å². The van der Waals surface area contributed by atoms with Crippen molar-refractivity contribution in [3.05, 3.63) is 94.0 Å². The Kier molecular flexibility index (Phi) is 4.52. The van der Waals surface area contributed by atoms with Gasteiger partial charge in [-0.15, -0.1) is 0 Å². The van der Waals surface area contributed by atoms with Crippen LogP contribution in [0.3, 0.4) is 0 Å². The quantitative estimate of drug-likeness (QED) is 0.489. The summed E-state index contributed by atoms with van der Waals surface area (Å²) >= 11 is 1.35. The van der Waals surface area contributed by atoms with Gasteiger partial charge in [0.25, 0.3) is 5.56 Å². The molecule has 4 nitrogen and oxygen atoms in total. The fourth-order valence-electron chi connectivity index (χ4n) is 4.05. The Labute approximate surface area is 173 Å². The fraction of sp³-hybridized carbons (Fsp3) is 0.167. The lowest BCUT2D eigenvalue weighted by atomic mass is 9.96. The van der Waals surface area contributed by atoms with Gasteiger partial charge in [-0.1, -0.05) is 35.8 Å². The lowest BCUT2D eigenvalue weighted by Gasteiger charge is -2.16. The number of hydrogen-bond donors (Lipinski definition) is 1. The van der Waals surface area contributed by atoms with Crippen LogP contribution in [0.4, 0.5) is 0 Å². The molecule has 0 fully saturated rings. The summed E-state index contributed by atoms with van der Waals surface area (Å²) in [4.78, 5) is 16.7. The van der Waals surface area contributed by atoms with Crippen molar-refractivity contribution in [3.63, 3.8) is 0 Å². The maximum absolute atomic E-state index is 11.4. The molecule has 0 amide bonds. The smallest absolute Gasteiger partial charge is 0.258 e. The average molecular weight is 401 g/mol. The Bertz CT molecular complexity index is 1220. The number of nitrogens with one attached hydrogen (secondary N) is 1. The van der Waals surface area contributed by atoms with Crippen LogP contribution in [0.25, 0.3) is 21.6 Å². The van der Waals surface area contributed by atoms with E-state index in [0.29, 0.717) is 0 Å². The van der Waals surface area contributed by atoms with Crippen LogP contribution in [0.1, 0.15) is 29.3 Å². The summed E-state index contributed by atoms with van der Waals surface area (Å²) in [5.41, 5.74) is 7.08. The highest BCUT2D eigenvalue weighted by Gasteiger charge is 2.27. The molecule has 0 saturated carbocycles. The summed E-state index contributed by atoms with van der Waals surface area (Å²) in [6.07, 6.45) is 3.85. The fourth-order valence-corrected chi connectivity index (χ4v) is 4.74. The molecule has 144 valence electrons. The molecular weight excluding hydrogens is 380 g/mol. The number of pyridine rings is 1. The molecule has 0 bridgehead atoms. The second-order valence-electron chi connectivity index (χ2n) is 7.26. The summed E-state index contributed by atoms with van der Waals surface area (Å²) in [6, 6.07) is 20.2. The SMILES string of the molecule is Cc1ncccc1-c1cccc2c1CC[C@H]2Oc1ccc(-c2cc(=O)[nH]s2)cc1. The van der Waals surface area contributed by atoms with Crippen LogP contribution in [-0.4, -0.2) is 9.36 Å². The molecule has 5 rings (SSSR count). The van der Waals surface area contributed by atoms with Crippen LogP contribution in [-0.2, 0) is 6.42 Å². The molecule has 2 aromatic carbocycles. The van der Waals surface area contributed by atoms with Gasteiger partial charge in [0.2, 0.25) is 0 Å². The maximum atomic E-state index is 11.4. The minimum absolute atomic E-state index is 0.0519. The van der Waals surface area contributed by atoms with Crippen LogP contribution in [0.2, 0.25) is 0 Å². The lowest BCUT2D eigenvalue weighted by molar-refractivity contribution is 0.207. The monoisotopic (exact) mass is 400 g/mol. The minimum Gasteiger partial charge on any atom is -0.486 e. The minimum atomic E-state index is -0.0625. The van der Waals surface area contributed by atoms with Gasteiger partial charge in [0.1, 0.15) is 11.9 Å². The number of hydrogen-bond acceptors (Lipinski definition) is 4. The van der Waals surface area contributed by atoms with Gasteiger partial charge in [0.15, 0.2) is 0 Å². The van der Waals surface area contributed by atoms with Gasteiger partial charge in [-0.25, -0.2) is 0 Å². The van der Waals surface area contributed by atoms with Gasteiger partial charge in [-0.3, -0.25) is 14.2 Å². The number of H-pyrrole nitrogens is 1. The van der Waals surface area contributed by atoms with Crippen LogP contribution in [0.5, 0.6) is 5.75 Å². The number of aromatic amines is 1. The van der Waals surface area contributed by atoms with E-state index in [0.717, 1.165) is 34.7 Å². The Hall–Kier alpha value is -3.18.